The Morgan fingerprint density at radius 2 is 2.06 bits per heavy atom. The largest absolute Gasteiger partial charge is 0.491 e. The smallest absolute Gasteiger partial charge is 0.324 e. The van der Waals surface area contributed by atoms with E-state index >= 15 is 0 Å². The van der Waals surface area contributed by atoms with Gasteiger partial charge in [-0.05, 0) is 30.7 Å². The third-order valence-corrected chi connectivity index (χ3v) is 2.49. The van der Waals surface area contributed by atoms with Crippen molar-refractivity contribution in [2.24, 2.45) is 0 Å². The van der Waals surface area contributed by atoms with Gasteiger partial charge < -0.3 is 20.3 Å². The van der Waals surface area contributed by atoms with Crippen LogP contribution in [0.2, 0.25) is 0 Å². The maximum atomic E-state index is 10.9. The molecule has 1 aromatic rings. The van der Waals surface area contributed by atoms with Gasteiger partial charge in [-0.2, -0.15) is 0 Å². The monoisotopic (exact) mass is 253 g/mol. The third kappa shape index (κ3) is 4.73. The summed E-state index contributed by atoms with van der Waals surface area (Å²) in [5, 5.41) is 20.5. The standard InChI is InChI=1S/C13H19NO4/c1-2-14-12(13(16)17)9-18-11-5-3-10(4-6-11)7-8-15/h3-6,12,14-15H,2,7-9H2,1H3,(H,16,17). The first kappa shape index (κ1) is 14.5. The molecular formula is C13H19NO4. The molecule has 0 amide bonds. The highest BCUT2D eigenvalue weighted by Crippen LogP contribution is 2.12. The number of benzene rings is 1. The Balaban J connectivity index is 2.48. The fourth-order valence-electron chi connectivity index (χ4n) is 1.52. The van der Waals surface area contributed by atoms with Crippen molar-refractivity contribution in [3.05, 3.63) is 29.8 Å². The van der Waals surface area contributed by atoms with Crippen molar-refractivity contribution in [2.75, 3.05) is 19.8 Å². The van der Waals surface area contributed by atoms with Gasteiger partial charge in [-0.25, -0.2) is 0 Å². The number of hydrogen-bond donors (Lipinski definition) is 3. The summed E-state index contributed by atoms with van der Waals surface area (Å²) in [6, 6.07) is 6.56. The number of hydrogen-bond acceptors (Lipinski definition) is 4. The molecule has 5 heteroatoms. The molecule has 1 unspecified atom stereocenters. The Labute approximate surface area is 106 Å². The molecule has 0 saturated carbocycles. The Morgan fingerprint density at radius 1 is 1.39 bits per heavy atom. The molecule has 1 aromatic carbocycles. The molecule has 0 radical (unpaired) electrons. The number of ether oxygens (including phenoxy) is 1. The molecule has 5 nitrogen and oxygen atoms in total. The predicted octanol–water partition coefficient (Wildman–Crippen LogP) is 0.663. The van der Waals surface area contributed by atoms with E-state index in [0.717, 1.165) is 5.56 Å². The maximum absolute atomic E-state index is 10.9. The topological polar surface area (TPSA) is 78.8 Å². The van der Waals surface area contributed by atoms with Gasteiger partial charge in [-0.1, -0.05) is 19.1 Å². The lowest BCUT2D eigenvalue weighted by atomic mass is 10.1. The molecule has 1 atom stereocenters. The van der Waals surface area contributed by atoms with Gasteiger partial charge in [-0.3, -0.25) is 4.79 Å². The van der Waals surface area contributed by atoms with Crippen LogP contribution in [0, 0.1) is 0 Å². The molecule has 0 fully saturated rings. The van der Waals surface area contributed by atoms with E-state index in [2.05, 4.69) is 5.32 Å². The normalized spacial score (nSPS) is 12.1. The molecule has 100 valence electrons. The van der Waals surface area contributed by atoms with Crippen LogP contribution >= 0.6 is 0 Å². The molecule has 0 aliphatic rings. The lowest BCUT2D eigenvalue weighted by Gasteiger charge is -2.14. The Bertz CT molecular complexity index is 364. The number of rotatable bonds is 8. The number of nitrogens with one attached hydrogen (secondary N) is 1. The first-order valence-corrected chi connectivity index (χ1v) is 5.96. The van der Waals surface area contributed by atoms with E-state index < -0.39 is 12.0 Å². The fraction of sp³-hybridized carbons (Fsp3) is 0.462. The summed E-state index contributed by atoms with van der Waals surface area (Å²) in [6.45, 7) is 2.62. The first-order chi connectivity index (χ1) is 8.67. The average molecular weight is 253 g/mol. The molecule has 18 heavy (non-hydrogen) atoms. The van der Waals surface area contributed by atoms with E-state index in [0.29, 0.717) is 18.7 Å². The van der Waals surface area contributed by atoms with E-state index in [9.17, 15) is 4.79 Å². The molecular weight excluding hydrogens is 234 g/mol. The van der Waals surface area contributed by atoms with Crippen molar-refractivity contribution < 1.29 is 19.7 Å². The van der Waals surface area contributed by atoms with Crippen molar-refractivity contribution in [1.82, 2.24) is 5.32 Å². The second-order valence-corrected chi connectivity index (χ2v) is 3.88. The van der Waals surface area contributed by atoms with Crippen LogP contribution < -0.4 is 10.1 Å². The SMILES string of the molecule is CCNC(COc1ccc(CCO)cc1)C(=O)O. The molecule has 0 heterocycles. The van der Waals surface area contributed by atoms with Gasteiger partial charge in [0.15, 0.2) is 0 Å². The zero-order chi connectivity index (χ0) is 13.4. The summed E-state index contributed by atoms with van der Waals surface area (Å²) in [4.78, 5) is 10.9. The number of carbonyl (C=O) groups is 1. The molecule has 0 aromatic heterocycles. The number of carboxylic acid groups (broad SMARTS) is 1. The van der Waals surface area contributed by atoms with Crippen molar-refractivity contribution in [2.45, 2.75) is 19.4 Å². The fourth-order valence-corrected chi connectivity index (χ4v) is 1.52. The van der Waals surface area contributed by atoms with Crippen molar-refractivity contribution in [3.8, 4) is 5.75 Å². The minimum absolute atomic E-state index is 0.0858. The van der Waals surface area contributed by atoms with Crippen molar-refractivity contribution in [1.29, 1.82) is 0 Å². The van der Waals surface area contributed by atoms with Gasteiger partial charge in [0.2, 0.25) is 0 Å². The van der Waals surface area contributed by atoms with E-state index in [1.54, 1.807) is 12.1 Å². The molecule has 0 aliphatic heterocycles. The summed E-state index contributed by atoms with van der Waals surface area (Å²) in [5.41, 5.74) is 1.02. The van der Waals surface area contributed by atoms with Gasteiger partial charge in [0, 0.05) is 6.61 Å². The number of likely N-dealkylation sites (N-methyl/N-ethyl adjacent to an activating group) is 1. The maximum Gasteiger partial charge on any atom is 0.324 e. The summed E-state index contributed by atoms with van der Waals surface area (Å²) in [6.07, 6.45) is 0.607. The highest BCUT2D eigenvalue weighted by molar-refractivity contribution is 5.73. The number of aliphatic carboxylic acids is 1. The summed E-state index contributed by atoms with van der Waals surface area (Å²) < 4.78 is 5.41. The molecule has 0 aliphatic carbocycles. The number of carboxylic acids is 1. The summed E-state index contributed by atoms with van der Waals surface area (Å²) in [5.74, 6) is -0.297. The second kappa shape index (κ2) is 7.68. The molecule has 0 saturated heterocycles. The van der Waals surface area contributed by atoms with Crippen LogP contribution in [-0.2, 0) is 11.2 Å². The molecule has 1 rings (SSSR count). The van der Waals surface area contributed by atoms with Gasteiger partial charge >= 0.3 is 5.97 Å². The first-order valence-electron chi connectivity index (χ1n) is 5.96. The third-order valence-electron chi connectivity index (χ3n) is 2.49. The van der Waals surface area contributed by atoms with Crippen molar-refractivity contribution in [3.63, 3.8) is 0 Å². The zero-order valence-electron chi connectivity index (χ0n) is 10.4. The van der Waals surface area contributed by atoms with Crippen molar-refractivity contribution >= 4 is 5.97 Å². The van der Waals surface area contributed by atoms with Crippen LogP contribution in [0.5, 0.6) is 5.75 Å². The summed E-state index contributed by atoms with van der Waals surface area (Å²) >= 11 is 0. The van der Waals surface area contributed by atoms with Crippen LogP contribution in [0.1, 0.15) is 12.5 Å². The summed E-state index contributed by atoms with van der Waals surface area (Å²) in [7, 11) is 0. The highest BCUT2D eigenvalue weighted by atomic mass is 16.5. The average Bonchev–Trinajstić information content (AvgIpc) is 2.36. The Kier molecular flexibility index (Phi) is 6.18. The Morgan fingerprint density at radius 3 is 2.56 bits per heavy atom. The van der Waals surface area contributed by atoms with E-state index in [1.165, 1.54) is 0 Å². The van der Waals surface area contributed by atoms with Crippen LogP contribution in [0.15, 0.2) is 24.3 Å². The van der Waals surface area contributed by atoms with Crippen LogP contribution in [-0.4, -0.2) is 42.0 Å². The van der Waals surface area contributed by atoms with E-state index in [-0.39, 0.29) is 13.2 Å². The molecule has 0 spiro atoms. The van der Waals surface area contributed by atoms with Crippen LogP contribution in [0.25, 0.3) is 0 Å². The minimum Gasteiger partial charge on any atom is -0.491 e. The lowest BCUT2D eigenvalue weighted by Crippen LogP contribution is -2.41. The second-order valence-electron chi connectivity index (χ2n) is 3.88. The van der Waals surface area contributed by atoms with E-state index in [4.69, 9.17) is 14.9 Å². The lowest BCUT2D eigenvalue weighted by molar-refractivity contribution is -0.140. The van der Waals surface area contributed by atoms with Gasteiger partial charge in [-0.15, -0.1) is 0 Å². The van der Waals surface area contributed by atoms with Crippen LogP contribution in [0.3, 0.4) is 0 Å². The molecule has 0 bridgehead atoms. The van der Waals surface area contributed by atoms with Gasteiger partial charge in [0.05, 0.1) is 0 Å². The number of aliphatic hydroxyl groups is 1. The highest BCUT2D eigenvalue weighted by Gasteiger charge is 2.16. The van der Waals surface area contributed by atoms with E-state index in [1.807, 2.05) is 19.1 Å². The molecule has 3 N–H and O–H groups in total. The quantitative estimate of drug-likeness (QED) is 0.634. The minimum atomic E-state index is -0.922. The zero-order valence-corrected chi connectivity index (χ0v) is 10.4. The van der Waals surface area contributed by atoms with Crippen LogP contribution in [0.4, 0.5) is 0 Å². The Hall–Kier alpha value is -1.59. The van der Waals surface area contributed by atoms with Gasteiger partial charge in [0.25, 0.3) is 0 Å². The predicted molar refractivity (Wildman–Crippen MR) is 67.8 cm³/mol. The number of aliphatic hydroxyl groups excluding tert-OH is 1. The van der Waals surface area contributed by atoms with Gasteiger partial charge in [0.1, 0.15) is 18.4 Å².